The van der Waals surface area contributed by atoms with Crippen molar-refractivity contribution in [3.63, 3.8) is 0 Å². The van der Waals surface area contributed by atoms with Crippen LogP contribution in [0.5, 0.6) is 0 Å². The number of ether oxygens (including phenoxy) is 1. The highest BCUT2D eigenvalue weighted by molar-refractivity contribution is 7.99. The van der Waals surface area contributed by atoms with Crippen molar-refractivity contribution < 1.29 is 9.53 Å². The van der Waals surface area contributed by atoms with Gasteiger partial charge >= 0.3 is 0 Å². The predicted octanol–water partition coefficient (Wildman–Crippen LogP) is 2.89. The van der Waals surface area contributed by atoms with E-state index in [9.17, 15) is 4.79 Å². The monoisotopic (exact) mass is 409 g/mol. The third-order valence-electron chi connectivity index (χ3n) is 4.56. The van der Waals surface area contributed by atoms with Crippen molar-refractivity contribution in [3.8, 4) is 0 Å². The SMILES string of the molecule is O=C(CSc1nnc(N2CCOCC2)n1Cc1ccccc1)Nc1ccccc1. The van der Waals surface area contributed by atoms with Crippen LogP contribution in [0.3, 0.4) is 0 Å². The molecule has 4 rings (SSSR count). The fraction of sp³-hybridized carbons (Fsp3) is 0.286. The van der Waals surface area contributed by atoms with E-state index in [1.54, 1.807) is 0 Å². The normalized spacial score (nSPS) is 14.0. The summed E-state index contributed by atoms with van der Waals surface area (Å²) in [6.07, 6.45) is 0. The molecule has 1 aromatic heterocycles. The second kappa shape index (κ2) is 9.58. The summed E-state index contributed by atoms with van der Waals surface area (Å²) in [6, 6.07) is 19.7. The lowest BCUT2D eigenvalue weighted by Gasteiger charge is -2.28. The third kappa shape index (κ3) is 5.16. The Kier molecular flexibility index (Phi) is 6.43. The first-order valence-electron chi connectivity index (χ1n) is 9.57. The fourth-order valence-electron chi connectivity index (χ4n) is 3.14. The molecule has 0 atom stereocenters. The van der Waals surface area contributed by atoms with Crippen molar-refractivity contribution in [1.82, 2.24) is 14.8 Å². The Labute approximate surface area is 174 Å². The van der Waals surface area contributed by atoms with E-state index in [0.717, 1.165) is 35.4 Å². The minimum Gasteiger partial charge on any atom is -0.378 e. The molecule has 3 aromatic rings. The Morgan fingerprint density at radius 2 is 1.69 bits per heavy atom. The van der Waals surface area contributed by atoms with E-state index >= 15 is 0 Å². The van der Waals surface area contributed by atoms with Crippen LogP contribution in [-0.2, 0) is 16.1 Å². The molecule has 1 N–H and O–H groups in total. The van der Waals surface area contributed by atoms with Gasteiger partial charge in [-0.15, -0.1) is 10.2 Å². The summed E-state index contributed by atoms with van der Waals surface area (Å²) < 4.78 is 7.55. The molecule has 150 valence electrons. The summed E-state index contributed by atoms with van der Waals surface area (Å²) in [5.74, 6) is 1.02. The third-order valence-corrected chi connectivity index (χ3v) is 5.53. The maximum Gasteiger partial charge on any atom is 0.234 e. The highest BCUT2D eigenvalue weighted by Gasteiger charge is 2.21. The average Bonchev–Trinajstić information content (AvgIpc) is 3.17. The zero-order valence-electron chi connectivity index (χ0n) is 16.0. The summed E-state index contributed by atoms with van der Waals surface area (Å²) >= 11 is 1.40. The van der Waals surface area contributed by atoms with E-state index in [0.29, 0.717) is 19.8 Å². The Balaban J connectivity index is 1.49. The van der Waals surface area contributed by atoms with Crippen molar-refractivity contribution in [2.24, 2.45) is 0 Å². The predicted molar refractivity (Wildman–Crippen MR) is 114 cm³/mol. The Morgan fingerprint density at radius 3 is 2.41 bits per heavy atom. The highest BCUT2D eigenvalue weighted by atomic mass is 32.2. The molecule has 1 fully saturated rings. The van der Waals surface area contributed by atoms with Crippen molar-refractivity contribution in [3.05, 3.63) is 66.2 Å². The summed E-state index contributed by atoms with van der Waals surface area (Å²) in [4.78, 5) is 14.5. The van der Waals surface area contributed by atoms with Crippen LogP contribution in [0.1, 0.15) is 5.56 Å². The lowest BCUT2D eigenvalue weighted by Crippen LogP contribution is -2.38. The topological polar surface area (TPSA) is 72.3 Å². The van der Waals surface area contributed by atoms with Gasteiger partial charge in [-0.3, -0.25) is 9.36 Å². The van der Waals surface area contributed by atoms with Crippen LogP contribution in [0.25, 0.3) is 0 Å². The van der Waals surface area contributed by atoms with Gasteiger partial charge in [0.15, 0.2) is 5.16 Å². The minimum absolute atomic E-state index is 0.0663. The number of carbonyl (C=O) groups is 1. The lowest BCUT2D eigenvalue weighted by atomic mass is 10.2. The summed E-state index contributed by atoms with van der Waals surface area (Å²) in [5.41, 5.74) is 1.95. The first-order chi connectivity index (χ1) is 14.3. The first-order valence-corrected chi connectivity index (χ1v) is 10.6. The van der Waals surface area contributed by atoms with Crippen molar-refractivity contribution in [2.45, 2.75) is 11.7 Å². The lowest BCUT2D eigenvalue weighted by molar-refractivity contribution is -0.113. The summed E-state index contributed by atoms with van der Waals surface area (Å²) in [5, 5.41) is 12.5. The van der Waals surface area contributed by atoms with E-state index in [-0.39, 0.29) is 11.7 Å². The maximum absolute atomic E-state index is 12.3. The van der Waals surface area contributed by atoms with Gasteiger partial charge in [0.2, 0.25) is 11.9 Å². The van der Waals surface area contributed by atoms with Gasteiger partial charge in [0.1, 0.15) is 0 Å². The zero-order valence-corrected chi connectivity index (χ0v) is 16.8. The molecule has 0 bridgehead atoms. The smallest absolute Gasteiger partial charge is 0.234 e. The molecule has 2 heterocycles. The molecule has 7 nitrogen and oxygen atoms in total. The molecule has 0 radical (unpaired) electrons. The molecule has 1 saturated heterocycles. The molecular formula is C21H23N5O2S. The van der Waals surface area contributed by atoms with Crippen LogP contribution >= 0.6 is 11.8 Å². The highest BCUT2D eigenvalue weighted by Crippen LogP contribution is 2.24. The summed E-state index contributed by atoms with van der Waals surface area (Å²) in [7, 11) is 0. The van der Waals surface area contributed by atoms with E-state index in [2.05, 4.69) is 37.1 Å². The molecule has 0 aliphatic carbocycles. The number of morpholine rings is 1. The number of nitrogens with zero attached hydrogens (tertiary/aromatic N) is 4. The largest absolute Gasteiger partial charge is 0.378 e. The number of aromatic nitrogens is 3. The van der Waals surface area contributed by atoms with E-state index in [1.165, 1.54) is 11.8 Å². The number of carbonyl (C=O) groups excluding carboxylic acids is 1. The second-order valence-electron chi connectivity index (χ2n) is 6.66. The maximum atomic E-state index is 12.3. The van der Waals surface area contributed by atoms with Crippen molar-refractivity contribution in [1.29, 1.82) is 0 Å². The Bertz CT molecular complexity index is 927. The number of amides is 1. The number of para-hydroxylation sites is 1. The molecular weight excluding hydrogens is 386 g/mol. The number of nitrogens with one attached hydrogen (secondary N) is 1. The molecule has 1 aliphatic heterocycles. The van der Waals surface area contributed by atoms with Gasteiger partial charge in [-0.2, -0.15) is 0 Å². The number of hydrogen-bond donors (Lipinski definition) is 1. The molecule has 0 saturated carbocycles. The Hall–Kier alpha value is -2.84. The molecule has 29 heavy (non-hydrogen) atoms. The summed E-state index contributed by atoms with van der Waals surface area (Å²) in [6.45, 7) is 3.58. The second-order valence-corrected chi connectivity index (χ2v) is 7.60. The van der Waals surface area contributed by atoms with E-state index < -0.39 is 0 Å². The molecule has 1 aliphatic rings. The number of thioether (sulfide) groups is 1. The van der Waals surface area contributed by atoms with Crippen LogP contribution in [0.15, 0.2) is 65.8 Å². The fourth-order valence-corrected chi connectivity index (χ4v) is 3.87. The van der Waals surface area contributed by atoms with Gasteiger partial charge in [0, 0.05) is 18.8 Å². The Morgan fingerprint density at radius 1 is 1.00 bits per heavy atom. The van der Waals surface area contributed by atoms with Crippen LogP contribution in [0.4, 0.5) is 11.6 Å². The average molecular weight is 410 g/mol. The van der Waals surface area contributed by atoms with Crippen LogP contribution in [-0.4, -0.2) is 52.7 Å². The van der Waals surface area contributed by atoms with Crippen LogP contribution in [0.2, 0.25) is 0 Å². The quantitative estimate of drug-likeness (QED) is 0.605. The van der Waals surface area contributed by atoms with Gasteiger partial charge in [0.25, 0.3) is 0 Å². The van der Waals surface area contributed by atoms with Gasteiger partial charge in [-0.25, -0.2) is 0 Å². The van der Waals surface area contributed by atoms with E-state index in [1.807, 2.05) is 48.5 Å². The van der Waals surface area contributed by atoms with Gasteiger partial charge in [0.05, 0.1) is 25.5 Å². The van der Waals surface area contributed by atoms with Gasteiger partial charge in [-0.05, 0) is 17.7 Å². The van der Waals surface area contributed by atoms with E-state index in [4.69, 9.17) is 4.74 Å². The standard InChI is InChI=1S/C21H23N5O2S/c27-19(22-18-9-5-2-6-10-18)16-29-21-24-23-20(25-11-13-28-14-12-25)26(21)15-17-7-3-1-4-8-17/h1-10H,11-16H2,(H,22,27). The minimum atomic E-state index is -0.0663. The zero-order chi connectivity index (χ0) is 19.9. The van der Waals surface area contributed by atoms with Gasteiger partial charge < -0.3 is 15.0 Å². The number of rotatable bonds is 7. The van der Waals surface area contributed by atoms with Crippen LogP contribution in [0, 0.1) is 0 Å². The molecule has 1 amide bonds. The molecule has 0 spiro atoms. The molecule has 8 heteroatoms. The van der Waals surface area contributed by atoms with Crippen LogP contribution < -0.4 is 10.2 Å². The first kappa shape index (κ1) is 19.5. The molecule has 2 aromatic carbocycles. The number of benzene rings is 2. The molecule has 0 unspecified atom stereocenters. The van der Waals surface area contributed by atoms with Crippen molar-refractivity contribution >= 4 is 29.3 Å². The number of anilines is 2. The van der Waals surface area contributed by atoms with Gasteiger partial charge in [-0.1, -0.05) is 60.3 Å². The van der Waals surface area contributed by atoms with Crippen molar-refractivity contribution in [2.75, 3.05) is 42.3 Å². The number of hydrogen-bond acceptors (Lipinski definition) is 6.